The average Bonchev–Trinajstić information content (AvgIpc) is 2.47. The van der Waals surface area contributed by atoms with E-state index in [1.165, 1.54) is 0 Å². The minimum atomic E-state index is -0.780. The van der Waals surface area contributed by atoms with Crippen LogP contribution < -0.4 is 4.74 Å². The second kappa shape index (κ2) is 5.38. The third kappa shape index (κ3) is 2.33. The first-order chi connectivity index (χ1) is 8.72. The predicted molar refractivity (Wildman–Crippen MR) is 66.1 cm³/mol. The highest BCUT2D eigenvalue weighted by Gasteiger charge is 2.40. The van der Waals surface area contributed by atoms with E-state index in [2.05, 4.69) is 6.07 Å². The van der Waals surface area contributed by atoms with Gasteiger partial charge in [-0.3, -0.25) is 0 Å². The summed E-state index contributed by atoms with van der Waals surface area (Å²) < 4.78 is 10.3. The number of nitrogens with zero attached hydrogens (tertiary/aromatic N) is 1. The van der Waals surface area contributed by atoms with Gasteiger partial charge < -0.3 is 14.6 Å². The normalized spacial score (nSPS) is 19.8. The van der Waals surface area contributed by atoms with Crippen LogP contribution in [0.5, 0.6) is 5.75 Å². The van der Waals surface area contributed by atoms with Crippen LogP contribution in [0, 0.1) is 16.7 Å². The number of aliphatic hydroxyl groups is 1. The van der Waals surface area contributed by atoms with Crippen molar-refractivity contribution < 1.29 is 14.6 Å². The summed E-state index contributed by atoms with van der Waals surface area (Å²) in [4.78, 5) is 0. The molecular formula is C14H17NO3. The van der Waals surface area contributed by atoms with Crippen molar-refractivity contribution in [3.05, 3.63) is 29.8 Å². The summed E-state index contributed by atoms with van der Waals surface area (Å²) in [6.07, 6.45) is 0.352. The van der Waals surface area contributed by atoms with Crippen molar-refractivity contribution in [1.29, 1.82) is 5.26 Å². The standard InChI is InChI=1S/C14H17NO3/c1-17-12-4-2-11(3-5-12)13(16)14(10-15)6-8-18-9-7-14/h2-5,13,16H,6-9H2,1H3. The maximum absolute atomic E-state index is 10.4. The van der Waals surface area contributed by atoms with Crippen LogP contribution >= 0.6 is 0 Å². The summed E-state index contributed by atoms with van der Waals surface area (Å²) >= 11 is 0. The summed E-state index contributed by atoms with van der Waals surface area (Å²) in [7, 11) is 1.60. The molecule has 0 radical (unpaired) electrons. The van der Waals surface area contributed by atoms with Crippen LogP contribution in [-0.4, -0.2) is 25.4 Å². The molecule has 0 bridgehead atoms. The van der Waals surface area contributed by atoms with Crippen LogP contribution in [-0.2, 0) is 4.74 Å². The Bertz CT molecular complexity index is 429. The van der Waals surface area contributed by atoms with Crippen molar-refractivity contribution in [3.63, 3.8) is 0 Å². The molecule has 1 aromatic rings. The average molecular weight is 247 g/mol. The third-order valence-electron chi connectivity index (χ3n) is 3.56. The fourth-order valence-electron chi connectivity index (χ4n) is 2.29. The zero-order valence-electron chi connectivity index (χ0n) is 10.4. The molecule has 0 saturated carbocycles. The number of benzene rings is 1. The van der Waals surface area contributed by atoms with Crippen molar-refractivity contribution in [3.8, 4) is 11.8 Å². The second-order valence-corrected chi connectivity index (χ2v) is 4.56. The Morgan fingerprint density at radius 2 is 1.94 bits per heavy atom. The lowest BCUT2D eigenvalue weighted by Crippen LogP contribution is -2.34. The van der Waals surface area contributed by atoms with Gasteiger partial charge in [0.15, 0.2) is 0 Å². The monoisotopic (exact) mass is 247 g/mol. The highest BCUT2D eigenvalue weighted by Crippen LogP contribution is 2.42. The molecule has 1 unspecified atom stereocenters. The molecular weight excluding hydrogens is 230 g/mol. The lowest BCUT2D eigenvalue weighted by atomic mass is 9.74. The molecule has 1 saturated heterocycles. The second-order valence-electron chi connectivity index (χ2n) is 4.56. The van der Waals surface area contributed by atoms with Crippen molar-refractivity contribution in [2.45, 2.75) is 18.9 Å². The molecule has 1 atom stereocenters. The molecule has 0 amide bonds. The topological polar surface area (TPSA) is 62.5 Å². The largest absolute Gasteiger partial charge is 0.497 e. The minimum absolute atomic E-state index is 0.529. The van der Waals surface area contributed by atoms with E-state index in [9.17, 15) is 10.4 Å². The molecule has 0 aliphatic carbocycles. The maximum atomic E-state index is 10.4. The number of ether oxygens (including phenoxy) is 2. The van der Waals surface area contributed by atoms with Gasteiger partial charge in [0.05, 0.1) is 24.7 Å². The van der Waals surface area contributed by atoms with Crippen molar-refractivity contribution in [1.82, 2.24) is 0 Å². The van der Waals surface area contributed by atoms with E-state index < -0.39 is 11.5 Å². The Hall–Kier alpha value is -1.57. The van der Waals surface area contributed by atoms with Crippen molar-refractivity contribution in [2.24, 2.45) is 5.41 Å². The number of hydrogen-bond acceptors (Lipinski definition) is 4. The van der Waals surface area contributed by atoms with Gasteiger partial charge in [0.25, 0.3) is 0 Å². The molecule has 4 heteroatoms. The molecule has 1 fully saturated rings. The Kier molecular flexibility index (Phi) is 3.85. The molecule has 1 aliphatic heterocycles. The van der Waals surface area contributed by atoms with Gasteiger partial charge in [-0.05, 0) is 30.5 Å². The van der Waals surface area contributed by atoms with Crippen LogP contribution in [0.1, 0.15) is 24.5 Å². The molecule has 4 nitrogen and oxygen atoms in total. The molecule has 1 aliphatic rings. The SMILES string of the molecule is COc1ccc(C(O)C2(C#N)CCOCC2)cc1. The molecule has 2 rings (SSSR count). The fourth-order valence-corrected chi connectivity index (χ4v) is 2.29. The van der Waals surface area contributed by atoms with Gasteiger partial charge in [-0.2, -0.15) is 5.26 Å². The number of nitriles is 1. The zero-order valence-corrected chi connectivity index (χ0v) is 10.4. The first-order valence-corrected chi connectivity index (χ1v) is 6.03. The summed E-state index contributed by atoms with van der Waals surface area (Å²) in [6.45, 7) is 1.06. The minimum Gasteiger partial charge on any atom is -0.497 e. The zero-order chi connectivity index (χ0) is 13.0. The Balaban J connectivity index is 2.22. The highest BCUT2D eigenvalue weighted by atomic mass is 16.5. The van der Waals surface area contributed by atoms with Crippen LogP contribution in [0.2, 0.25) is 0 Å². The molecule has 1 N–H and O–H groups in total. The van der Waals surface area contributed by atoms with Crippen LogP contribution in [0.3, 0.4) is 0 Å². The van der Waals surface area contributed by atoms with Crippen LogP contribution in [0.15, 0.2) is 24.3 Å². The van der Waals surface area contributed by atoms with Gasteiger partial charge in [0, 0.05) is 13.2 Å². The van der Waals surface area contributed by atoms with Gasteiger partial charge in [-0.1, -0.05) is 12.1 Å². The third-order valence-corrected chi connectivity index (χ3v) is 3.56. The van der Waals surface area contributed by atoms with E-state index in [1.807, 2.05) is 0 Å². The Morgan fingerprint density at radius 1 is 1.33 bits per heavy atom. The first kappa shape index (κ1) is 12.9. The molecule has 18 heavy (non-hydrogen) atoms. The lowest BCUT2D eigenvalue weighted by molar-refractivity contribution is -0.0310. The van der Waals surface area contributed by atoms with E-state index in [-0.39, 0.29) is 0 Å². The van der Waals surface area contributed by atoms with Gasteiger partial charge in [-0.15, -0.1) is 0 Å². The van der Waals surface area contributed by atoms with Gasteiger partial charge in [-0.25, -0.2) is 0 Å². The lowest BCUT2D eigenvalue weighted by Gasteiger charge is -2.35. The van der Waals surface area contributed by atoms with E-state index in [0.717, 1.165) is 11.3 Å². The summed E-state index contributed by atoms with van der Waals surface area (Å²) in [6, 6.07) is 9.48. The summed E-state index contributed by atoms with van der Waals surface area (Å²) in [5, 5.41) is 19.8. The van der Waals surface area contributed by atoms with Gasteiger partial charge in [0.1, 0.15) is 5.75 Å². The smallest absolute Gasteiger partial charge is 0.118 e. The molecule has 0 spiro atoms. The number of aliphatic hydroxyl groups excluding tert-OH is 1. The molecule has 1 heterocycles. The molecule has 1 aromatic carbocycles. The number of methoxy groups -OCH3 is 1. The first-order valence-electron chi connectivity index (χ1n) is 6.03. The van der Waals surface area contributed by atoms with Gasteiger partial charge >= 0.3 is 0 Å². The fraction of sp³-hybridized carbons (Fsp3) is 0.500. The quantitative estimate of drug-likeness (QED) is 0.888. The van der Waals surface area contributed by atoms with E-state index in [1.54, 1.807) is 31.4 Å². The van der Waals surface area contributed by atoms with Crippen LogP contribution in [0.4, 0.5) is 0 Å². The van der Waals surface area contributed by atoms with Crippen LogP contribution in [0.25, 0.3) is 0 Å². The molecule has 96 valence electrons. The maximum Gasteiger partial charge on any atom is 0.118 e. The Labute approximate surface area is 107 Å². The predicted octanol–water partition coefficient (Wildman–Crippen LogP) is 2.05. The van der Waals surface area contributed by atoms with Crippen molar-refractivity contribution in [2.75, 3.05) is 20.3 Å². The van der Waals surface area contributed by atoms with E-state index in [0.29, 0.717) is 26.1 Å². The number of rotatable bonds is 3. The number of hydrogen-bond donors (Lipinski definition) is 1. The summed E-state index contributed by atoms with van der Waals surface area (Å²) in [5.74, 6) is 0.740. The van der Waals surface area contributed by atoms with E-state index in [4.69, 9.17) is 9.47 Å². The van der Waals surface area contributed by atoms with Gasteiger partial charge in [0.2, 0.25) is 0 Å². The molecule has 0 aromatic heterocycles. The summed E-state index contributed by atoms with van der Waals surface area (Å²) in [5.41, 5.74) is 0.0200. The van der Waals surface area contributed by atoms with Crippen molar-refractivity contribution >= 4 is 0 Å². The Morgan fingerprint density at radius 3 is 2.44 bits per heavy atom. The highest BCUT2D eigenvalue weighted by molar-refractivity contribution is 5.30. The van der Waals surface area contributed by atoms with E-state index >= 15 is 0 Å².